The Morgan fingerprint density at radius 1 is 1.24 bits per heavy atom. The molecule has 0 radical (unpaired) electrons. The van der Waals surface area contributed by atoms with E-state index in [0.717, 1.165) is 0 Å². The number of nitrogen functional groups attached to an aromatic ring is 1. The number of anilines is 2. The molecule has 0 atom stereocenters. The first-order valence-electron chi connectivity index (χ1n) is 5.75. The Morgan fingerprint density at radius 3 is 2.52 bits per heavy atom. The highest BCUT2D eigenvalue weighted by atomic mass is 79.9. The molecule has 0 spiro atoms. The van der Waals surface area contributed by atoms with Crippen LogP contribution in [0.15, 0.2) is 45.8 Å². The topological polar surface area (TPSA) is 81.4 Å². The molecule has 0 amide bonds. The summed E-state index contributed by atoms with van der Waals surface area (Å²) in [6.07, 6.45) is 0. The third-order valence-corrected chi connectivity index (χ3v) is 5.05. The molecule has 21 heavy (non-hydrogen) atoms. The molecule has 112 valence electrons. The summed E-state index contributed by atoms with van der Waals surface area (Å²) in [4.78, 5) is 0.0931. The van der Waals surface area contributed by atoms with E-state index >= 15 is 0 Å². The van der Waals surface area contributed by atoms with Gasteiger partial charge in [-0.3, -0.25) is 4.72 Å². The predicted molar refractivity (Wildman–Crippen MR) is 87.4 cm³/mol. The molecule has 0 heterocycles. The third-order valence-electron chi connectivity index (χ3n) is 2.69. The van der Waals surface area contributed by atoms with Gasteiger partial charge in [0.25, 0.3) is 10.0 Å². The van der Waals surface area contributed by atoms with E-state index in [0.29, 0.717) is 26.6 Å². The molecule has 2 aromatic rings. The molecule has 0 bridgehead atoms. The molecule has 0 saturated carbocycles. The summed E-state index contributed by atoms with van der Waals surface area (Å²) in [6.45, 7) is 0. The molecule has 0 aromatic heterocycles. The van der Waals surface area contributed by atoms with Gasteiger partial charge in [0.05, 0.1) is 22.7 Å². The van der Waals surface area contributed by atoms with Gasteiger partial charge in [0.15, 0.2) is 0 Å². The molecule has 0 aliphatic heterocycles. The number of hydrogen-bond acceptors (Lipinski definition) is 4. The summed E-state index contributed by atoms with van der Waals surface area (Å²) in [5, 5.41) is 0.316. The fourth-order valence-electron chi connectivity index (χ4n) is 1.62. The van der Waals surface area contributed by atoms with E-state index in [2.05, 4.69) is 20.7 Å². The van der Waals surface area contributed by atoms with Gasteiger partial charge in [0.2, 0.25) is 0 Å². The van der Waals surface area contributed by atoms with Crippen LogP contribution < -0.4 is 15.2 Å². The zero-order chi connectivity index (χ0) is 15.6. The van der Waals surface area contributed by atoms with Crippen molar-refractivity contribution in [1.29, 1.82) is 0 Å². The Kier molecular flexibility index (Phi) is 4.65. The maximum absolute atomic E-state index is 12.3. The van der Waals surface area contributed by atoms with E-state index in [-0.39, 0.29) is 4.90 Å². The van der Waals surface area contributed by atoms with E-state index < -0.39 is 10.0 Å². The SMILES string of the molecule is COc1ccc(NS(=O)(=O)c2ccc(N)c(Br)c2)cc1Cl. The van der Waals surface area contributed by atoms with Gasteiger partial charge in [-0.15, -0.1) is 0 Å². The lowest BCUT2D eigenvalue weighted by molar-refractivity contribution is 0.415. The molecule has 0 fully saturated rings. The molecule has 0 aliphatic carbocycles. The van der Waals surface area contributed by atoms with E-state index in [1.807, 2.05) is 0 Å². The van der Waals surface area contributed by atoms with Gasteiger partial charge in [0, 0.05) is 10.2 Å². The fraction of sp³-hybridized carbons (Fsp3) is 0.0769. The number of ether oxygens (including phenoxy) is 1. The fourth-order valence-corrected chi connectivity index (χ4v) is 3.48. The number of sulfonamides is 1. The van der Waals surface area contributed by atoms with Gasteiger partial charge >= 0.3 is 0 Å². The largest absolute Gasteiger partial charge is 0.495 e. The number of hydrogen-bond donors (Lipinski definition) is 2. The van der Waals surface area contributed by atoms with Crippen molar-refractivity contribution in [2.75, 3.05) is 17.6 Å². The van der Waals surface area contributed by atoms with Crippen LogP contribution in [0.2, 0.25) is 5.02 Å². The minimum Gasteiger partial charge on any atom is -0.495 e. The van der Waals surface area contributed by atoms with Crippen LogP contribution in [-0.2, 0) is 10.0 Å². The zero-order valence-electron chi connectivity index (χ0n) is 10.9. The lowest BCUT2D eigenvalue weighted by Gasteiger charge is -2.10. The highest BCUT2D eigenvalue weighted by molar-refractivity contribution is 9.10. The highest BCUT2D eigenvalue weighted by Gasteiger charge is 2.16. The van der Waals surface area contributed by atoms with Gasteiger partial charge < -0.3 is 10.5 Å². The van der Waals surface area contributed by atoms with Crippen LogP contribution in [0.3, 0.4) is 0 Å². The summed E-state index contributed by atoms with van der Waals surface area (Å²) in [6, 6.07) is 8.99. The Balaban J connectivity index is 2.32. The third kappa shape index (κ3) is 3.61. The van der Waals surface area contributed by atoms with Crippen molar-refractivity contribution < 1.29 is 13.2 Å². The number of nitrogens with one attached hydrogen (secondary N) is 1. The van der Waals surface area contributed by atoms with E-state index in [9.17, 15) is 8.42 Å². The first-order valence-corrected chi connectivity index (χ1v) is 8.40. The maximum atomic E-state index is 12.3. The second-order valence-electron chi connectivity index (χ2n) is 4.14. The predicted octanol–water partition coefficient (Wildman–Crippen LogP) is 3.49. The molecule has 0 saturated heterocycles. The smallest absolute Gasteiger partial charge is 0.261 e. The minimum absolute atomic E-state index is 0.0931. The van der Waals surface area contributed by atoms with Gasteiger partial charge in [-0.1, -0.05) is 11.6 Å². The number of rotatable bonds is 4. The molecule has 3 N–H and O–H groups in total. The van der Waals surface area contributed by atoms with E-state index in [1.54, 1.807) is 12.1 Å². The summed E-state index contributed by atoms with van der Waals surface area (Å²) in [7, 11) is -2.24. The molecule has 0 unspecified atom stereocenters. The molecular weight excluding hydrogens is 380 g/mol. The van der Waals surface area contributed by atoms with E-state index in [4.69, 9.17) is 22.1 Å². The van der Waals surface area contributed by atoms with Gasteiger partial charge in [-0.05, 0) is 52.3 Å². The first kappa shape index (κ1) is 15.9. The Bertz CT molecular complexity index is 781. The van der Waals surface area contributed by atoms with Crippen molar-refractivity contribution in [2.24, 2.45) is 0 Å². The average molecular weight is 392 g/mol. The lowest BCUT2D eigenvalue weighted by Crippen LogP contribution is -2.13. The normalized spacial score (nSPS) is 11.2. The Morgan fingerprint density at radius 2 is 1.95 bits per heavy atom. The van der Waals surface area contributed by atoms with Crippen LogP contribution in [-0.4, -0.2) is 15.5 Å². The quantitative estimate of drug-likeness (QED) is 0.782. The molecule has 5 nitrogen and oxygen atoms in total. The van der Waals surface area contributed by atoms with Crippen molar-refractivity contribution in [2.45, 2.75) is 4.90 Å². The number of methoxy groups -OCH3 is 1. The van der Waals surface area contributed by atoms with Crippen LogP contribution in [0, 0.1) is 0 Å². The number of benzene rings is 2. The van der Waals surface area contributed by atoms with E-state index in [1.165, 1.54) is 31.4 Å². The first-order chi connectivity index (χ1) is 9.83. The van der Waals surface area contributed by atoms with Gasteiger partial charge in [0.1, 0.15) is 5.75 Å². The van der Waals surface area contributed by atoms with Crippen molar-refractivity contribution in [3.63, 3.8) is 0 Å². The maximum Gasteiger partial charge on any atom is 0.261 e. The van der Waals surface area contributed by atoms with Crippen molar-refractivity contribution in [3.8, 4) is 5.75 Å². The Labute approximate surface area is 136 Å². The van der Waals surface area contributed by atoms with Crippen LogP contribution in [0.1, 0.15) is 0 Å². The zero-order valence-corrected chi connectivity index (χ0v) is 14.1. The molecular formula is C13H12BrClN2O3S. The van der Waals surface area contributed by atoms with Gasteiger partial charge in [-0.25, -0.2) is 8.42 Å². The monoisotopic (exact) mass is 390 g/mol. The van der Waals surface area contributed by atoms with Crippen LogP contribution in [0.4, 0.5) is 11.4 Å². The molecule has 8 heteroatoms. The summed E-state index contributed by atoms with van der Waals surface area (Å²) < 4.78 is 32.5. The Hall–Kier alpha value is -1.44. The molecule has 2 rings (SSSR count). The summed E-state index contributed by atoms with van der Waals surface area (Å²) >= 11 is 9.17. The van der Waals surface area contributed by atoms with Crippen molar-refractivity contribution in [1.82, 2.24) is 0 Å². The van der Waals surface area contributed by atoms with Crippen molar-refractivity contribution >= 4 is 48.9 Å². The van der Waals surface area contributed by atoms with Crippen LogP contribution in [0.5, 0.6) is 5.75 Å². The average Bonchev–Trinajstić information content (AvgIpc) is 2.41. The lowest BCUT2D eigenvalue weighted by atomic mass is 10.3. The highest BCUT2D eigenvalue weighted by Crippen LogP contribution is 2.29. The summed E-state index contributed by atoms with van der Waals surface area (Å²) in [5.74, 6) is 0.467. The van der Waals surface area contributed by atoms with Crippen molar-refractivity contribution in [3.05, 3.63) is 45.9 Å². The number of nitrogens with two attached hydrogens (primary N) is 1. The molecule has 2 aromatic carbocycles. The van der Waals surface area contributed by atoms with Gasteiger partial charge in [-0.2, -0.15) is 0 Å². The van der Waals surface area contributed by atoms with Crippen LogP contribution in [0.25, 0.3) is 0 Å². The second-order valence-corrected chi connectivity index (χ2v) is 7.08. The second kappa shape index (κ2) is 6.13. The standard InChI is InChI=1S/C13H12BrClN2O3S/c1-20-13-5-2-8(6-11(13)15)17-21(18,19)9-3-4-12(16)10(14)7-9/h2-7,17H,16H2,1H3. The minimum atomic E-state index is -3.72. The number of halogens is 2. The summed E-state index contributed by atoms with van der Waals surface area (Å²) in [5.41, 5.74) is 6.44. The molecule has 0 aliphatic rings. The van der Waals surface area contributed by atoms with Crippen LogP contribution >= 0.6 is 27.5 Å².